The van der Waals surface area contributed by atoms with Gasteiger partial charge in [0.05, 0.1) is 12.3 Å². The second-order valence-corrected chi connectivity index (χ2v) is 4.62. The van der Waals surface area contributed by atoms with Gasteiger partial charge in [-0.2, -0.15) is 5.10 Å². The standard InChI is InChI=1S/C14H12N4O5/c19-14(12-4-5-13(23-12)18(20)21)15-9-10(11-3-1-8-22-11)17-7-2-6-16-17/h1-8,10H,9H2,(H,15,19). The number of aromatic nitrogens is 2. The molecule has 3 aromatic rings. The first kappa shape index (κ1) is 14.6. The van der Waals surface area contributed by atoms with Crippen LogP contribution in [0.3, 0.4) is 0 Å². The smallest absolute Gasteiger partial charge is 0.433 e. The van der Waals surface area contributed by atoms with Crippen molar-refractivity contribution in [3.63, 3.8) is 0 Å². The number of hydrogen-bond acceptors (Lipinski definition) is 6. The number of nitrogens with one attached hydrogen (secondary N) is 1. The summed E-state index contributed by atoms with van der Waals surface area (Å²) in [4.78, 5) is 21.9. The molecule has 3 heterocycles. The van der Waals surface area contributed by atoms with E-state index >= 15 is 0 Å². The van der Waals surface area contributed by atoms with E-state index in [0.29, 0.717) is 5.76 Å². The molecule has 1 atom stereocenters. The molecule has 0 aromatic carbocycles. The van der Waals surface area contributed by atoms with E-state index in [1.165, 1.54) is 12.3 Å². The normalized spacial score (nSPS) is 12.0. The van der Waals surface area contributed by atoms with Crippen molar-refractivity contribution in [3.8, 4) is 0 Å². The van der Waals surface area contributed by atoms with E-state index in [1.54, 1.807) is 35.3 Å². The molecule has 0 radical (unpaired) electrons. The van der Waals surface area contributed by atoms with E-state index < -0.39 is 16.7 Å². The molecule has 0 fully saturated rings. The lowest BCUT2D eigenvalue weighted by Crippen LogP contribution is -2.31. The summed E-state index contributed by atoms with van der Waals surface area (Å²) in [6, 6.07) is 7.32. The molecule has 0 aliphatic heterocycles. The lowest BCUT2D eigenvalue weighted by Gasteiger charge is -2.15. The van der Waals surface area contributed by atoms with Crippen molar-refractivity contribution in [2.45, 2.75) is 6.04 Å². The van der Waals surface area contributed by atoms with Gasteiger partial charge in [-0.1, -0.05) is 0 Å². The summed E-state index contributed by atoms with van der Waals surface area (Å²) in [7, 11) is 0. The highest BCUT2D eigenvalue weighted by Crippen LogP contribution is 2.18. The zero-order valence-corrected chi connectivity index (χ0v) is 11.8. The number of amides is 1. The summed E-state index contributed by atoms with van der Waals surface area (Å²) in [5.41, 5.74) is 0. The summed E-state index contributed by atoms with van der Waals surface area (Å²) < 4.78 is 11.9. The molecule has 23 heavy (non-hydrogen) atoms. The van der Waals surface area contributed by atoms with Crippen LogP contribution in [0.5, 0.6) is 0 Å². The second kappa shape index (κ2) is 6.18. The third kappa shape index (κ3) is 3.12. The number of furan rings is 2. The van der Waals surface area contributed by atoms with E-state index in [-0.39, 0.29) is 18.3 Å². The van der Waals surface area contributed by atoms with Gasteiger partial charge in [-0.3, -0.25) is 19.6 Å². The SMILES string of the molecule is O=C(NCC(c1ccco1)n1cccn1)c1ccc([N+](=O)[O-])o1. The van der Waals surface area contributed by atoms with Gasteiger partial charge in [0.2, 0.25) is 0 Å². The number of carbonyl (C=O) groups is 1. The fraction of sp³-hybridized carbons (Fsp3) is 0.143. The number of rotatable bonds is 6. The highest BCUT2D eigenvalue weighted by molar-refractivity contribution is 5.91. The van der Waals surface area contributed by atoms with Crippen LogP contribution in [-0.4, -0.2) is 27.2 Å². The molecule has 0 aliphatic carbocycles. The van der Waals surface area contributed by atoms with Crippen molar-refractivity contribution in [1.29, 1.82) is 0 Å². The van der Waals surface area contributed by atoms with Gasteiger partial charge in [0, 0.05) is 18.9 Å². The Hall–Kier alpha value is -3.36. The van der Waals surface area contributed by atoms with Crippen LogP contribution in [0.25, 0.3) is 0 Å². The lowest BCUT2D eigenvalue weighted by molar-refractivity contribution is -0.402. The molecule has 0 bridgehead atoms. The van der Waals surface area contributed by atoms with Crippen molar-refractivity contribution >= 4 is 11.8 Å². The molecule has 1 unspecified atom stereocenters. The highest BCUT2D eigenvalue weighted by Gasteiger charge is 2.21. The molecule has 0 aliphatic rings. The Balaban J connectivity index is 1.71. The third-order valence-corrected chi connectivity index (χ3v) is 3.17. The molecule has 0 saturated carbocycles. The predicted molar refractivity (Wildman–Crippen MR) is 76.8 cm³/mol. The predicted octanol–water partition coefficient (Wildman–Crippen LogP) is 2.00. The van der Waals surface area contributed by atoms with Gasteiger partial charge in [0.1, 0.15) is 16.7 Å². The molecule has 9 heteroatoms. The Kier molecular flexibility index (Phi) is 3.91. The first-order valence-electron chi connectivity index (χ1n) is 6.70. The van der Waals surface area contributed by atoms with Gasteiger partial charge in [0.15, 0.2) is 5.76 Å². The van der Waals surface area contributed by atoms with Crippen LogP contribution in [0, 0.1) is 10.1 Å². The Labute approximate surface area is 129 Å². The van der Waals surface area contributed by atoms with Crippen molar-refractivity contribution in [3.05, 3.63) is 70.6 Å². The van der Waals surface area contributed by atoms with Gasteiger partial charge in [0.25, 0.3) is 5.91 Å². The molecular weight excluding hydrogens is 304 g/mol. The molecule has 3 aromatic heterocycles. The van der Waals surface area contributed by atoms with E-state index in [2.05, 4.69) is 10.4 Å². The Morgan fingerprint density at radius 1 is 1.39 bits per heavy atom. The van der Waals surface area contributed by atoms with Crippen LogP contribution < -0.4 is 5.32 Å². The van der Waals surface area contributed by atoms with Crippen LogP contribution in [0.2, 0.25) is 0 Å². The lowest BCUT2D eigenvalue weighted by atomic mass is 10.2. The summed E-state index contributed by atoms with van der Waals surface area (Å²) in [5, 5.41) is 17.4. The van der Waals surface area contributed by atoms with Gasteiger partial charge in [-0.25, -0.2) is 0 Å². The third-order valence-electron chi connectivity index (χ3n) is 3.17. The van der Waals surface area contributed by atoms with Crippen LogP contribution in [0.1, 0.15) is 22.4 Å². The number of hydrogen-bond donors (Lipinski definition) is 1. The van der Waals surface area contributed by atoms with Crippen LogP contribution in [0.4, 0.5) is 5.88 Å². The van der Waals surface area contributed by atoms with Crippen LogP contribution >= 0.6 is 0 Å². The van der Waals surface area contributed by atoms with Gasteiger partial charge >= 0.3 is 5.88 Å². The Bertz CT molecular complexity index is 757. The second-order valence-electron chi connectivity index (χ2n) is 4.62. The maximum absolute atomic E-state index is 12.0. The molecule has 3 rings (SSSR count). The Morgan fingerprint density at radius 3 is 2.87 bits per heavy atom. The van der Waals surface area contributed by atoms with Gasteiger partial charge < -0.3 is 14.2 Å². The minimum absolute atomic E-state index is 0.129. The van der Waals surface area contributed by atoms with E-state index in [1.807, 2.05) is 0 Å². The number of nitrogens with zero attached hydrogens (tertiary/aromatic N) is 3. The molecule has 1 amide bonds. The fourth-order valence-electron chi connectivity index (χ4n) is 2.09. The summed E-state index contributed by atoms with van der Waals surface area (Å²) in [6.45, 7) is 0.183. The maximum Gasteiger partial charge on any atom is 0.433 e. The largest absolute Gasteiger partial charge is 0.467 e. The number of nitro groups is 1. The first-order valence-corrected chi connectivity index (χ1v) is 6.70. The topological polar surface area (TPSA) is 116 Å². The molecule has 118 valence electrons. The summed E-state index contributed by atoms with van der Waals surface area (Å²) in [6.07, 6.45) is 4.90. The number of carbonyl (C=O) groups excluding carboxylic acids is 1. The van der Waals surface area contributed by atoms with E-state index in [4.69, 9.17) is 8.83 Å². The van der Waals surface area contributed by atoms with Crippen molar-refractivity contribution in [2.24, 2.45) is 0 Å². The Morgan fingerprint density at radius 2 is 2.26 bits per heavy atom. The monoisotopic (exact) mass is 316 g/mol. The van der Waals surface area contributed by atoms with E-state index in [9.17, 15) is 14.9 Å². The van der Waals surface area contributed by atoms with Crippen LogP contribution in [0.15, 0.2) is 57.8 Å². The van der Waals surface area contributed by atoms with Crippen molar-refractivity contribution in [1.82, 2.24) is 15.1 Å². The molecule has 0 spiro atoms. The minimum Gasteiger partial charge on any atom is -0.467 e. The van der Waals surface area contributed by atoms with Gasteiger partial charge in [-0.15, -0.1) is 0 Å². The quantitative estimate of drug-likeness (QED) is 0.549. The zero-order chi connectivity index (χ0) is 16.2. The van der Waals surface area contributed by atoms with Crippen molar-refractivity contribution < 1.29 is 18.6 Å². The maximum atomic E-state index is 12.0. The summed E-state index contributed by atoms with van der Waals surface area (Å²) in [5.74, 6) is -0.540. The molecule has 0 saturated heterocycles. The fourth-order valence-corrected chi connectivity index (χ4v) is 2.09. The van der Waals surface area contributed by atoms with E-state index in [0.717, 1.165) is 6.07 Å². The molecule has 1 N–H and O–H groups in total. The van der Waals surface area contributed by atoms with Gasteiger partial charge in [-0.05, 0) is 24.3 Å². The van der Waals surface area contributed by atoms with Crippen molar-refractivity contribution in [2.75, 3.05) is 6.54 Å². The minimum atomic E-state index is -0.702. The summed E-state index contributed by atoms with van der Waals surface area (Å²) >= 11 is 0. The first-order chi connectivity index (χ1) is 11.1. The zero-order valence-electron chi connectivity index (χ0n) is 11.8. The van der Waals surface area contributed by atoms with Crippen LogP contribution in [-0.2, 0) is 0 Å². The molecular formula is C14H12N4O5. The highest BCUT2D eigenvalue weighted by atomic mass is 16.6. The average Bonchev–Trinajstić information content (AvgIpc) is 3.29. The average molecular weight is 316 g/mol. The molecule has 9 nitrogen and oxygen atoms in total.